The molecule has 0 unspecified atom stereocenters. The number of phenolic OH excluding ortho intramolecular Hbond substituents is 1. The number of nitrogens with one attached hydrogen (secondary N) is 1. The Morgan fingerprint density at radius 2 is 2.00 bits per heavy atom. The third kappa shape index (κ3) is 3.96. The van der Waals surface area contributed by atoms with Crippen LogP contribution in [0, 0.1) is 10.1 Å². The number of amides is 1. The van der Waals surface area contributed by atoms with Gasteiger partial charge in [-0.3, -0.25) is 14.9 Å². The van der Waals surface area contributed by atoms with Gasteiger partial charge in [0.05, 0.1) is 10.6 Å². The predicted molar refractivity (Wildman–Crippen MR) is 92.0 cm³/mol. The second-order valence-corrected chi connectivity index (χ2v) is 5.24. The summed E-state index contributed by atoms with van der Waals surface area (Å²) in [6.45, 7) is 0.110. The average molecular weight is 354 g/mol. The van der Waals surface area contributed by atoms with E-state index in [1.54, 1.807) is 18.3 Å². The van der Waals surface area contributed by atoms with Gasteiger partial charge < -0.3 is 15.2 Å². The first-order valence-electron chi connectivity index (χ1n) is 7.53. The molecule has 2 N–H and O–H groups in total. The zero-order chi connectivity index (χ0) is 18.5. The molecule has 0 saturated carbocycles. The number of benzene rings is 2. The van der Waals surface area contributed by atoms with Gasteiger partial charge >= 0.3 is 0 Å². The molecule has 9 nitrogen and oxygen atoms in total. The lowest BCUT2D eigenvalue weighted by Crippen LogP contribution is -2.14. The fraction of sp³-hybridized carbons (Fsp3) is 0.0588. The van der Waals surface area contributed by atoms with Crippen LogP contribution in [0.15, 0.2) is 60.8 Å². The number of phenols is 1. The Morgan fingerprint density at radius 3 is 2.73 bits per heavy atom. The average Bonchev–Trinajstić information content (AvgIpc) is 3.11. The van der Waals surface area contributed by atoms with Crippen molar-refractivity contribution in [2.75, 3.05) is 5.32 Å². The number of aromatic nitrogens is 2. The minimum Gasteiger partial charge on any atom is -0.506 e. The Balaban J connectivity index is 1.67. The summed E-state index contributed by atoms with van der Waals surface area (Å²) >= 11 is 0. The second-order valence-electron chi connectivity index (χ2n) is 5.24. The molecule has 1 heterocycles. The van der Waals surface area contributed by atoms with Crippen molar-refractivity contribution in [2.45, 2.75) is 6.73 Å². The Morgan fingerprint density at radius 1 is 1.23 bits per heavy atom. The molecule has 0 aliphatic rings. The topological polar surface area (TPSA) is 120 Å². The molecule has 0 spiro atoms. The van der Waals surface area contributed by atoms with E-state index in [2.05, 4.69) is 10.4 Å². The minimum atomic E-state index is -0.620. The largest absolute Gasteiger partial charge is 0.506 e. The van der Waals surface area contributed by atoms with E-state index in [0.29, 0.717) is 5.75 Å². The number of hydrogen-bond donors (Lipinski definition) is 2. The number of nitrogens with zero attached hydrogens (tertiary/aromatic N) is 3. The number of aromatic hydroxyl groups is 1. The number of nitro benzene ring substituents is 1. The first kappa shape index (κ1) is 17.0. The maximum Gasteiger partial charge on any atom is 0.276 e. The molecule has 3 rings (SSSR count). The fourth-order valence-corrected chi connectivity index (χ4v) is 2.14. The SMILES string of the molecule is O=C(Nc1cc([N+](=O)[O-])ccc1O)c1ccn(COc2ccccc2)n1. The van der Waals surface area contributed by atoms with Crippen LogP contribution >= 0.6 is 0 Å². The van der Waals surface area contributed by atoms with Crippen molar-refractivity contribution in [1.82, 2.24) is 9.78 Å². The maximum absolute atomic E-state index is 12.2. The number of para-hydroxylation sites is 1. The zero-order valence-electron chi connectivity index (χ0n) is 13.4. The van der Waals surface area contributed by atoms with E-state index in [1.807, 2.05) is 18.2 Å². The van der Waals surface area contributed by atoms with Crippen LogP contribution in [0.4, 0.5) is 11.4 Å². The molecule has 0 saturated heterocycles. The van der Waals surface area contributed by atoms with Gasteiger partial charge in [-0.25, -0.2) is 4.68 Å². The molecule has 26 heavy (non-hydrogen) atoms. The van der Waals surface area contributed by atoms with Gasteiger partial charge in [0.1, 0.15) is 11.5 Å². The van der Waals surface area contributed by atoms with Crippen LogP contribution < -0.4 is 10.1 Å². The van der Waals surface area contributed by atoms with Crippen LogP contribution in [0.2, 0.25) is 0 Å². The smallest absolute Gasteiger partial charge is 0.276 e. The number of carbonyl (C=O) groups is 1. The van der Waals surface area contributed by atoms with Crippen molar-refractivity contribution < 1.29 is 19.6 Å². The lowest BCUT2D eigenvalue weighted by atomic mass is 10.2. The minimum absolute atomic E-state index is 0.0701. The predicted octanol–water partition coefficient (Wildman–Crippen LogP) is 2.79. The molecule has 0 aliphatic heterocycles. The van der Waals surface area contributed by atoms with Gasteiger partial charge in [0.15, 0.2) is 12.4 Å². The zero-order valence-corrected chi connectivity index (χ0v) is 13.4. The Kier molecular flexibility index (Phi) is 4.79. The fourth-order valence-electron chi connectivity index (χ4n) is 2.14. The number of nitro groups is 1. The Hall–Kier alpha value is -3.88. The molecule has 0 atom stereocenters. The van der Waals surface area contributed by atoms with E-state index >= 15 is 0 Å². The van der Waals surface area contributed by atoms with Crippen LogP contribution in [0.5, 0.6) is 11.5 Å². The standard InChI is InChI=1S/C17H14N4O5/c22-16-7-6-12(21(24)25)10-15(16)18-17(23)14-8-9-20(19-14)11-26-13-4-2-1-3-5-13/h1-10,22H,11H2,(H,18,23). The van der Waals surface area contributed by atoms with Gasteiger partial charge in [-0.1, -0.05) is 18.2 Å². The number of non-ortho nitro benzene ring substituents is 1. The van der Waals surface area contributed by atoms with Crippen LogP contribution in [0.1, 0.15) is 10.5 Å². The Labute approximate surface area is 147 Å². The second kappa shape index (κ2) is 7.34. The van der Waals surface area contributed by atoms with E-state index in [0.717, 1.165) is 18.2 Å². The summed E-state index contributed by atoms with van der Waals surface area (Å²) in [6.07, 6.45) is 1.56. The van der Waals surface area contributed by atoms with Crippen LogP contribution in [-0.4, -0.2) is 25.7 Å². The molecule has 9 heteroatoms. The molecule has 132 valence electrons. The van der Waals surface area contributed by atoms with Crippen molar-refractivity contribution in [1.29, 1.82) is 0 Å². The Bertz CT molecular complexity index is 939. The first-order valence-corrected chi connectivity index (χ1v) is 7.53. The third-order valence-corrected chi connectivity index (χ3v) is 3.42. The molecule has 2 aromatic carbocycles. The van der Waals surface area contributed by atoms with Crippen LogP contribution in [0.25, 0.3) is 0 Å². The highest BCUT2D eigenvalue weighted by Crippen LogP contribution is 2.28. The molecule has 0 bridgehead atoms. The van der Waals surface area contributed by atoms with Crippen molar-refractivity contribution >= 4 is 17.3 Å². The van der Waals surface area contributed by atoms with E-state index < -0.39 is 10.8 Å². The van der Waals surface area contributed by atoms with E-state index in [4.69, 9.17) is 4.74 Å². The van der Waals surface area contributed by atoms with Crippen LogP contribution in [0.3, 0.4) is 0 Å². The number of carbonyl (C=O) groups excluding carboxylic acids is 1. The number of ether oxygens (including phenoxy) is 1. The van der Waals surface area contributed by atoms with Gasteiger partial charge in [-0.2, -0.15) is 5.10 Å². The van der Waals surface area contributed by atoms with Crippen molar-refractivity contribution in [2.24, 2.45) is 0 Å². The highest BCUT2D eigenvalue weighted by atomic mass is 16.6. The summed E-state index contributed by atoms with van der Waals surface area (Å²) in [5.41, 5.74) is -0.244. The molecule has 1 amide bonds. The number of anilines is 1. The van der Waals surface area contributed by atoms with Gasteiger partial charge in [-0.05, 0) is 24.3 Å². The molecular weight excluding hydrogens is 340 g/mol. The summed E-state index contributed by atoms with van der Waals surface area (Å²) in [5, 5.41) is 27.0. The quantitative estimate of drug-likeness (QED) is 0.399. The molecular formula is C17H14N4O5. The van der Waals surface area contributed by atoms with Crippen molar-refractivity contribution in [3.63, 3.8) is 0 Å². The highest BCUT2D eigenvalue weighted by molar-refractivity contribution is 6.03. The van der Waals surface area contributed by atoms with Crippen molar-refractivity contribution in [3.05, 3.63) is 76.6 Å². The summed E-state index contributed by atoms with van der Waals surface area (Å²) in [5.74, 6) is -0.231. The molecule has 0 radical (unpaired) electrons. The number of rotatable bonds is 6. The van der Waals surface area contributed by atoms with E-state index in [9.17, 15) is 20.0 Å². The van der Waals surface area contributed by atoms with Gasteiger partial charge in [0, 0.05) is 18.3 Å². The molecule has 1 aromatic heterocycles. The first-order chi connectivity index (χ1) is 12.5. The monoisotopic (exact) mass is 354 g/mol. The molecule has 0 aliphatic carbocycles. The molecule has 0 fully saturated rings. The van der Waals surface area contributed by atoms with Gasteiger partial charge in [0.25, 0.3) is 11.6 Å². The van der Waals surface area contributed by atoms with Gasteiger partial charge in [0.2, 0.25) is 0 Å². The highest BCUT2D eigenvalue weighted by Gasteiger charge is 2.15. The van der Waals surface area contributed by atoms with Gasteiger partial charge in [-0.15, -0.1) is 0 Å². The van der Waals surface area contributed by atoms with Crippen LogP contribution in [-0.2, 0) is 6.73 Å². The third-order valence-electron chi connectivity index (χ3n) is 3.42. The molecule has 3 aromatic rings. The summed E-state index contributed by atoms with van der Waals surface area (Å²) in [4.78, 5) is 22.4. The summed E-state index contributed by atoms with van der Waals surface area (Å²) < 4.78 is 6.94. The number of hydrogen-bond acceptors (Lipinski definition) is 6. The van der Waals surface area contributed by atoms with E-state index in [1.165, 1.54) is 10.7 Å². The lowest BCUT2D eigenvalue weighted by Gasteiger charge is -2.06. The van der Waals surface area contributed by atoms with E-state index in [-0.39, 0.29) is 29.5 Å². The maximum atomic E-state index is 12.2. The normalized spacial score (nSPS) is 10.3. The lowest BCUT2D eigenvalue weighted by molar-refractivity contribution is -0.384. The summed E-state index contributed by atoms with van der Waals surface area (Å²) in [6, 6.07) is 13.9. The van der Waals surface area contributed by atoms with Crippen molar-refractivity contribution in [3.8, 4) is 11.5 Å². The summed E-state index contributed by atoms with van der Waals surface area (Å²) in [7, 11) is 0.